The second-order valence-electron chi connectivity index (χ2n) is 7.69. The van der Waals surface area contributed by atoms with Crippen molar-refractivity contribution in [1.82, 2.24) is 14.8 Å². The number of hydrogen-bond donors (Lipinski definition) is 0. The zero-order valence-electron chi connectivity index (χ0n) is 17.2. The van der Waals surface area contributed by atoms with Crippen LogP contribution < -0.4 is 5.63 Å². The second-order valence-corrected chi connectivity index (χ2v) is 8.63. The van der Waals surface area contributed by atoms with Gasteiger partial charge < -0.3 is 9.32 Å². The smallest absolute Gasteiger partial charge is 0.349 e. The molecule has 1 amide bonds. The lowest BCUT2D eigenvalue weighted by atomic mass is 10.1. The van der Waals surface area contributed by atoms with E-state index in [9.17, 15) is 14.0 Å². The molecule has 0 spiro atoms. The van der Waals surface area contributed by atoms with Crippen LogP contribution in [0, 0.1) is 5.82 Å². The number of rotatable bonds is 4. The van der Waals surface area contributed by atoms with Crippen molar-refractivity contribution in [3.8, 4) is 11.3 Å². The van der Waals surface area contributed by atoms with Crippen molar-refractivity contribution >= 4 is 28.2 Å². The van der Waals surface area contributed by atoms with Crippen LogP contribution in [0.1, 0.15) is 15.4 Å². The lowest BCUT2D eigenvalue weighted by molar-refractivity contribution is 0.0624. The van der Waals surface area contributed by atoms with E-state index in [1.165, 1.54) is 12.1 Å². The molecule has 162 valence electrons. The molecule has 0 saturated carbocycles. The van der Waals surface area contributed by atoms with E-state index in [1.807, 2.05) is 17.5 Å². The van der Waals surface area contributed by atoms with E-state index >= 15 is 0 Å². The number of piperazine rings is 1. The van der Waals surface area contributed by atoms with Crippen molar-refractivity contribution in [2.24, 2.45) is 0 Å². The van der Waals surface area contributed by atoms with Gasteiger partial charge in [0.15, 0.2) is 0 Å². The van der Waals surface area contributed by atoms with Crippen molar-refractivity contribution < 1.29 is 13.6 Å². The van der Waals surface area contributed by atoms with E-state index in [0.29, 0.717) is 38.3 Å². The number of amides is 1. The monoisotopic (exact) mass is 449 g/mol. The SMILES string of the molecule is O=C(c1cc2ccccc2oc1=O)N1CCN(Cc2nc(-c3ccc(F)cc3)cs2)CC1. The Morgan fingerprint density at radius 2 is 1.81 bits per heavy atom. The highest BCUT2D eigenvalue weighted by atomic mass is 32.1. The van der Waals surface area contributed by atoms with Crippen LogP contribution in [0.3, 0.4) is 0 Å². The third-order valence-electron chi connectivity index (χ3n) is 5.58. The minimum atomic E-state index is -0.604. The van der Waals surface area contributed by atoms with Crippen molar-refractivity contribution in [3.63, 3.8) is 0 Å². The summed E-state index contributed by atoms with van der Waals surface area (Å²) in [6.07, 6.45) is 0. The fourth-order valence-corrected chi connectivity index (χ4v) is 4.66. The molecule has 0 radical (unpaired) electrons. The lowest BCUT2D eigenvalue weighted by Gasteiger charge is -2.34. The highest BCUT2D eigenvalue weighted by Gasteiger charge is 2.25. The first-order valence-electron chi connectivity index (χ1n) is 10.3. The summed E-state index contributed by atoms with van der Waals surface area (Å²) >= 11 is 1.57. The number of fused-ring (bicyclic) bond motifs is 1. The Labute approximate surface area is 187 Å². The Morgan fingerprint density at radius 3 is 2.59 bits per heavy atom. The van der Waals surface area contributed by atoms with Gasteiger partial charge in [0, 0.05) is 42.5 Å². The van der Waals surface area contributed by atoms with Crippen LogP contribution in [0.15, 0.2) is 69.2 Å². The predicted molar refractivity (Wildman–Crippen MR) is 121 cm³/mol. The van der Waals surface area contributed by atoms with Gasteiger partial charge in [-0.2, -0.15) is 0 Å². The average Bonchev–Trinajstić information content (AvgIpc) is 3.27. The Hall–Kier alpha value is -3.36. The van der Waals surface area contributed by atoms with Gasteiger partial charge in [0.2, 0.25) is 0 Å². The first-order chi connectivity index (χ1) is 15.6. The Balaban J connectivity index is 1.22. The molecule has 0 bridgehead atoms. The van der Waals surface area contributed by atoms with E-state index < -0.39 is 5.63 Å². The largest absolute Gasteiger partial charge is 0.422 e. The van der Waals surface area contributed by atoms with Gasteiger partial charge in [0.25, 0.3) is 5.91 Å². The first kappa shape index (κ1) is 20.5. The van der Waals surface area contributed by atoms with Crippen LogP contribution in [-0.2, 0) is 6.54 Å². The van der Waals surface area contributed by atoms with Gasteiger partial charge in [-0.3, -0.25) is 9.69 Å². The summed E-state index contributed by atoms with van der Waals surface area (Å²) in [5.41, 5.74) is 1.66. The molecule has 1 aliphatic rings. The number of hydrogen-bond acceptors (Lipinski definition) is 6. The summed E-state index contributed by atoms with van der Waals surface area (Å²) in [4.78, 5) is 33.8. The van der Waals surface area contributed by atoms with Gasteiger partial charge in [-0.25, -0.2) is 14.2 Å². The van der Waals surface area contributed by atoms with Gasteiger partial charge in [0.05, 0.1) is 12.2 Å². The van der Waals surface area contributed by atoms with Crippen LogP contribution in [0.25, 0.3) is 22.2 Å². The summed E-state index contributed by atoms with van der Waals surface area (Å²) in [6.45, 7) is 3.13. The number of carbonyl (C=O) groups excluding carboxylic acids is 1. The molecule has 0 N–H and O–H groups in total. The molecule has 1 saturated heterocycles. The van der Waals surface area contributed by atoms with Crippen molar-refractivity contribution in [2.45, 2.75) is 6.54 Å². The quantitative estimate of drug-likeness (QED) is 0.441. The van der Waals surface area contributed by atoms with Gasteiger partial charge in [-0.05, 0) is 36.4 Å². The summed E-state index contributed by atoms with van der Waals surface area (Å²) < 4.78 is 18.4. The van der Waals surface area contributed by atoms with Crippen LogP contribution in [-0.4, -0.2) is 46.9 Å². The molecule has 1 aliphatic heterocycles. The van der Waals surface area contributed by atoms with Crippen LogP contribution >= 0.6 is 11.3 Å². The molecule has 2 aromatic heterocycles. The predicted octanol–water partition coefficient (Wildman–Crippen LogP) is 4.01. The normalized spacial score (nSPS) is 14.7. The molecule has 0 aliphatic carbocycles. The lowest BCUT2D eigenvalue weighted by Crippen LogP contribution is -2.49. The number of aromatic nitrogens is 1. The number of nitrogens with zero attached hydrogens (tertiary/aromatic N) is 3. The highest BCUT2D eigenvalue weighted by Crippen LogP contribution is 2.23. The fourth-order valence-electron chi connectivity index (χ4n) is 3.82. The number of benzene rings is 2. The third kappa shape index (κ3) is 4.19. The van der Waals surface area contributed by atoms with E-state index in [-0.39, 0.29) is 17.3 Å². The Bertz CT molecular complexity index is 1320. The third-order valence-corrected chi connectivity index (χ3v) is 6.42. The molecule has 32 heavy (non-hydrogen) atoms. The van der Waals surface area contributed by atoms with E-state index in [1.54, 1.807) is 46.6 Å². The summed E-state index contributed by atoms with van der Waals surface area (Å²) in [7, 11) is 0. The highest BCUT2D eigenvalue weighted by molar-refractivity contribution is 7.09. The molecule has 1 fully saturated rings. The van der Waals surface area contributed by atoms with E-state index in [4.69, 9.17) is 4.42 Å². The van der Waals surface area contributed by atoms with Crippen LogP contribution in [0.4, 0.5) is 4.39 Å². The minimum absolute atomic E-state index is 0.0704. The summed E-state index contributed by atoms with van der Waals surface area (Å²) in [6, 6.07) is 15.1. The molecule has 8 heteroatoms. The Morgan fingerprint density at radius 1 is 1.06 bits per heavy atom. The van der Waals surface area contributed by atoms with Crippen molar-refractivity contribution in [1.29, 1.82) is 0 Å². The maximum absolute atomic E-state index is 13.1. The second kappa shape index (κ2) is 8.64. The number of halogens is 1. The van der Waals surface area contributed by atoms with Crippen LogP contribution in [0.5, 0.6) is 0 Å². The molecule has 0 atom stereocenters. The standard InChI is InChI=1S/C24H20FN3O3S/c25-18-7-5-16(6-8-18)20-15-32-22(26-20)14-27-9-11-28(12-10-27)23(29)19-13-17-3-1-2-4-21(17)31-24(19)30/h1-8,13,15H,9-12,14H2. The number of thiazole rings is 1. The summed E-state index contributed by atoms with van der Waals surface area (Å²) in [5.74, 6) is -0.560. The maximum atomic E-state index is 13.1. The molecule has 6 nitrogen and oxygen atoms in total. The van der Waals surface area contributed by atoms with Gasteiger partial charge in [-0.15, -0.1) is 11.3 Å². The maximum Gasteiger partial charge on any atom is 0.349 e. The van der Waals surface area contributed by atoms with Crippen molar-refractivity contribution in [2.75, 3.05) is 26.2 Å². The van der Waals surface area contributed by atoms with Gasteiger partial charge in [-0.1, -0.05) is 18.2 Å². The zero-order valence-corrected chi connectivity index (χ0v) is 18.0. The molecular weight excluding hydrogens is 429 g/mol. The minimum Gasteiger partial charge on any atom is -0.422 e. The number of carbonyl (C=O) groups is 1. The first-order valence-corrected chi connectivity index (χ1v) is 11.2. The summed E-state index contributed by atoms with van der Waals surface area (Å²) in [5, 5.41) is 3.68. The molecule has 3 heterocycles. The molecule has 2 aromatic carbocycles. The van der Waals surface area contributed by atoms with Crippen LogP contribution in [0.2, 0.25) is 0 Å². The van der Waals surface area contributed by atoms with Gasteiger partial charge in [0.1, 0.15) is 22.0 Å². The average molecular weight is 450 g/mol. The van der Waals surface area contributed by atoms with E-state index in [2.05, 4.69) is 9.88 Å². The number of para-hydroxylation sites is 1. The van der Waals surface area contributed by atoms with E-state index in [0.717, 1.165) is 21.7 Å². The molecule has 5 rings (SSSR count). The topological polar surface area (TPSA) is 66.7 Å². The molecule has 4 aromatic rings. The molecule has 0 unspecified atom stereocenters. The van der Waals surface area contributed by atoms with Crippen molar-refractivity contribution in [3.05, 3.63) is 86.8 Å². The zero-order chi connectivity index (χ0) is 22.1. The Kier molecular flexibility index (Phi) is 5.55. The fraction of sp³-hybridized carbons (Fsp3) is 0.208. The van der Waals surface area contributed by atoms with Gasteiger partial charge >= 0.3 is 5.63 Å². The molecular formula is C24H20FN3O3S.